The lowest BCUT2D eigenvalue weighted by atomic mass is 9.77. The fourth-order valence-electron chi connectivity index (χ4n) is 2.21. The van der Waals surface area contributed by atoms with Gasteiger partial charge in [-0.3, -0.25) is 4.79 Å². The van der Waals surface area contributed by atoms with Crippen molar-refractivity contribution >= 4 is 13.4 Å². The molecule has 2 N–H and O–H groups in total. The summed E-state index contributed by atoms with van der Waals surface area (Å²) in [5.41, 5.74) is 1.18. The van der Waals surface area contributed by atoms with Crippen molar-refractivity contribution in [3.8, 4) is 0 Å². The number of rotatable bonds is 8. The van der Waals surface area contributed by atoms with Crippen LogP contribution in [0.5, 0.6) is 0 Å². The molecule has 0 aliphatic heterocycles. The Balaban J connectivity index is 1.63. The second-order valence-corrected chi connectivity index (χ2v) is 5.38. The van der Waals surface area contributed by atoms with Crippen LogP contribution in [0, 0.1) is 5.92 Å². The summed E-state index contributed by atoms with van der Waals surface area (Å²) in [5.74, 6) is 0.925. The number of carbonyl (C=O) groups excluding carboxylic acids is 1. The molecule has 1 radical (unpaired) electrons. The first-order valence-corrected chi connectivity index (χ1v) is 7.06. The van der Waals surface area contributed by atoms with Crippen LogP contribution in [0.1, 0.15) is 31.2 Å². The van der Waals surface area contributed by atoms with Crippen LogP contribution in [-0.4, -0.2) is 25.0 Å². The van der Waals surface area contributed by atoms with E-state index < -0.39 is 0 Å². The zero-order valence-electron chi connectivity index (χ0n) is 11.2. The van der Waals surface area contributed by atoms with Gasteiger partial charge in [-0.05, 0) is 23.7 Å². The molecule has 1 saturated carbocycles. The molecule has 0 bridgehead atoms. The van der Waals surface area contributed by atoms with Gasteiger partial charge in [0.2, 0.25) is 5.91 Å². The molecule has 0 spiro atoms. The lowest BCUT2D eigenvalue weighted by molar-refractivity contribution is -0.121. The van der Waals surface area contributed by atoms with E-state index in [1.807, 2.05) is 30.3 Å². The molecule has 19 heavy (non-hydrogen) atoms. The summed E-state index contributed by atoms with van der Waals surface area (Å²) in [5, 5.41) is 12.1. The summed E-state index contributed by atoms with van der Waals surface area (Å²) in [6.07, 6.45) is 4.81. The van der Waals surface area contributed by atoms with E-state index in [2.05, 4.69) is 5.32 Å². The maximum atomic E-state index is 11.7. The van der Waals surface area contributed by atoms with E-state index in [9.17, 15) is 4.79 Å². The molecule has 101 valence electrons. The molecular weight excluding hydrogens is 237 g/mol. The first kappa shape index (κ1) is 14.1. The van der Waals surface area contributed by atoms with Gasteiger partial charge in [0.15, 0.2) is 0 Å². The fraction of sp³-hybridized carbons (Fsp3) is 0.533. The predicted octanol–water partition coefficient (Wildman–Crippen LogP) is 1.94. The van der Waals surface area contributed by atoms with Gasteiger partial charge in [-0.25, -0.2) is 0 Å². The Labute approximate surface area is 115 Å². The molecule has 1 atom stereocenters. The first-order valence-electron chi connectivity index (χ1n) is 7.06. The van der Waals surface area contributed by atoms with Crippen LogP contribution >= 0.6 is 0 Å². The van der Waals surface area contributed by atoms with Gasteiger partial charge in [0.05, 0.1) is 0 Å². The largest absolute Gasteiger partial charge is 0.454 e. The number of nitrogens with one attached hydrogen (secondary N) is 1. The van der Waals surface area contributed by atoms with Crippen LogP contribution in [-0.2, 0) is 11.2 Å². The highest BCUT2D eigenvalue weighted by atomic mass is 16.2. The van der Waals surface area contributed by atoms with E-state index in [-0.39, 0.29) is 11.7 Å². The summed E-state index contributed by atoms with van der Waals surface area (Å²) >= 11 is 0. The van der Waals surface area contributed by atoms with E-state index in [1.165, 1.54) is 25.9 Å². The van der Waals surface area contributed by atoms with E-state index in [4.69, 9.17) is 5.02 Å². The summed E-state index contributed by atoms with van der Waals surface area (Å²) in [4.78, 5) is 11.7. The first-order chi connectivity index (χ1) is 9.28. The molecule has 1 unspecified atom stereocenters. The number of benzene rings is 1. The second-order valence-electron chi connectivity index (χ2n) is 5.38. The van der Waals surface area contributed by atoms with E-state index in [0.29, 0.717) is 13.0 Å². The Bertz CT molecular complexity index is 392. The smallest absolute Gasteiger partial charge is 0.292 e. The Morgan fingerprint density at radius 2 is 2.11 bits per heavy atom. The van der Waals surface area contributed by atoms with Crippen molar-refractivity contribution < 1.29 is 9.82 Å². The van der Waals surface area contributed by atoms with Crippen molar-refractivity contribution in [3.63, 3.8) is 0 Å². The molecule has 1 aromatic rings. The number of carbonyl (C=O) groups is 1. The van der Waals surface area contributed by atoms with Crippen molar-refractivity contribution in [2.24, 2.45) is 5.92 Å². The highest BCUT2D eigenvalue weighted by Gasteiger charge is 2.25. The van der Waals surface area contributed by atoms with Crippen molar-refractivity contribution in [2.45, 2.75) is 37.9 Å². The van der Waals surface area contributed by atoms with Crippen LogP contribution in [0.4, 0.5) is 0 Å². The van der Waals surface area contributed by atoms with E-state index in [1.54, 1.807) is 0 Å². The third-order valence-electron chi connectivity index (χ3n) is 3.59. The molecule has 4 heteroatoms. The van der Waals surface area contributed by atoms with Crippen molar-refractivity contribution in [2.75, 3.05) is 6.54 Å². The molecule has 1 aliphatic carbocycles. The minimum Gasteiger partial charge on any atom is -0.454 e. The van der Waals surface area contributed by atoms with Gasteiger partial charge in [-0.15, -0.1) is 0 Å². The quantitative estimate of drug-likeness (QED) is 0.700. The molecule has 0 saturated heterocycles. The van der Waals surface area contributed by atoms with Gasteiger partial charge < -0.3 is 10.3 Å². The van der Waals surface area contributed by atoms with Crippen LogP contribution in [0.25, 0.3) is 0 Å². The van der Waals surface area contributed by atoms with Gasteiger partial charge >= 0.3 is 0 Å². The number of hydrogen-bond acceptors (Lipinski definition) is 2. The third kappa shape index (κ3) is 5.47. The summed E-state index contributed by atoms with van der Waals surface area (Å²) in [7, 11) is 1.23. The Morgan fingerprint density at radius 1 is 1.37 bits per heavy atom. The molecule has 1 amide bonds. The van der Waals surface area contributed by atoms with Gasteiger partial charge in [0.1, 0.15) is 0 Å². The molecule has 0 heterocycles. The topological polar surface area (TPSA) is 49.3 Å². The summed E-state index contributed by atoms with van der Waals surface area (Å²) in [6.45, 7) is 0.556. The van der Waals surface area contributed by atoms with Crippen LogP contribution < -0.4 is 5.32 Å². The van der Waals surface area contributed by atoms with Gasteiger partial charge in [0, 0.05) is 13.0 Å². The van der Waals surface area contributed by atoms with Crippen LogP contribution in [0.15, 0.2) is 30.3 Å². The molecule has 1 aromatic carbocycles. The Morgan fingerprint density at radius 3 is 2.74 bits per heavy atom. The predicted molar refractivity (Wildman–Crippen MR) is 76.8 cm³/mol. The normalized spacial score (nSPS) is 15.8. The SMILES string of the molecule is O=C(CCc1ccccc1)NCC([B]O)CC1CC1. The maximum absolute atomic E-state index is 11.7. The lowest BCUT2D eigenvalue weighted by Crippen LogP contribution is -2.29. The molecular formula is C15H21BNO2. The average molecular weight is 258 g/mol. The lowest BCUT2D eigenvalue weighted by Gasteiger charge is -2.13. The molecule has 3 nitrogen and oxygen atoms in total. The van der Waals surface area contributed by atoms with E-state index >= 15 is 0 Å². The highest BCUT2D eigenvalue weighted by Crippen LogP contribution is 2.36. The zero-order chi connectivity index (χ0) is 13.5. The highest BCUT2D eigenvalue weighted by molar-refractivity contribution is 6.27. The number of hydrogen-bond donors (Lipinski definition) is 2. The minimum absolute atomic E-state index is 0.0616. The van der Waals surface area contributed by atoms with Crippen molar-refractivity contribution in [1.29, 1.82) is 0 Å². The summed E-state index contributed by atoms with van der Waals surface area (Å²) in [6, 6.07) is 10.0. The van der Waals surface area contributed by atoms with E-state index in [0.717, 1.165) is 18.8 Å². The Hall–Kier alpha value is -1.29. The van der Waals surface area contributed by atoms with Crippen molar-refractivity contribution in [3.05, 3.63) is 35.9 Å². The van der Waals surface area contributed by atoms with Crippen LogP contribution in [0.3, 0.4) is 0 Å². The average Bonchev–Trinajstić information content (AvgIpc) is 3.26. The maximum Gasteiger partial charge on any atom is 0.292 e. The molecule has 2 rings (SSSR count). The standard InChI is InChI=1S/C15H21BNO2/c18-15(9-8-12-4-2-1-3-5-12)17-11-14(16-19)10-13-6-7-13/h1-5,13-14,19H,6-11H2,(H,17,18). The number of aryl methyl sites for hydroxylation is 1. The molecule has 1 aliphatic rings. The number of amides is 1. The minimum atomic E-state index is 0.0616. The van der Waals surface area contributed by atoms with Crippen LogP contribution in [0.2, 0.25) is 5.82 Å². The summed E-state index contributed by atoms with van der Waals surface area (Å²) < 4.78 is 0. The van der Waals surface area contributed by atoms with Crippen molar-refractivity contribution in [1.82, 2.24) is 5.32 Å². The fourth-order valence-corrected chi connectivity index (χ4v) is 2.21. The molecule has 1 fully saturated rings. The third-order valence-corrected chi connectivity index (χ3v) is 3.59. The van der Waals surface area contributed by atoms with Gasteiger partial charge in [-0.2, -0.15) is 0 Å². The molecule has 0 aromatic heterocycles. The zero-order valence-corrected chi connectivity index (χ0v) is 11.2. The Kier molecular flexibility index (Phi) is 5.46. The second kappa shape index (κ2) is 7.34. The van der Waals surface area contributed by atoms with Gasteiger partial charge in [0.25, 0.3) is 7.48 Å². The van der Waals surface area contributed by atoms with Gasteiger partial charge in [-0.1, -0.05) is 49.6 Å². The monoisotopic (exact) mass is 258 g/mol.